The summed E-state index contributed by atoms with van der Waals surface area (Å²) in [7, 11) is 0. The molecule has 8 nitrogen and oxygen atoms in total. The van der Waals surface area contributed by atoms with Crippen molar-refractivity contribution >= 4 is 17.9 Å². The van der Waals surface area contributed by atoms with Gasteiger partial charge in [-0.2, -0.15) is 5.26 Å². The van der Waals surface area contributed by atoms with Crippen LogP contribution in [0.4, 0.5) is 5.95 Å². The van der Waals surface area contributed by atoms with E-state index in [0.717, 1.165) is 4.90 Å². The second-order valence-corrected chi connectivity index (χ2v) is 3.45. The van der Waals surface area contributed by atoms with Gasteiger partial charge in [0.2, 0.25) is 5.95 Å². The van der Waals surface area contributed by atoms with Crippen LogP contribution in [0.15, 0.2) is 6.07 Å². The highest BCUT2D eigenvalue weighted by Gasteiger charge is 2.17. The van der Waals surface area contributed by atoms with Crippen LogP contribution in [0.2, 0.25) is 0 Å². The number of aromatic nitrogens is 2. The Bertz CT molecular complexity index is 507. The maximum atomic E-state index is 10.6. The molecule has 0 atom stereocenters. The third kappa shape index (κ3) is 3.71. The van der Waals surface area contributed by atoms with Crippen molar-refractivity contribution in [2.75, 3.05) is 18.0 Å². The second-order valence-electron chi connectivity index (χ2n) is 3.45. The molecule has 0 saturated heterocycles. The largest absolute Gasteiger partial charge is 0.480 e. The van der Waals surface area contributed by atoms with Crippen LogP contribution in [0.1, 0.15) is 11.4 Å². The van der Waals surface area contributed by atoms with E-state index in [2.05, 4.69) is 9.97 Å². The zero-order chi connectivity index (χ0) is 13.7. The first kappa shape index (κ1) is 13.4. The van der Waals surface area contributed by atoms with Crippen molar-refractivity contribution in [1.82, 2.24) is 9.97 Å². The van der Waals surface area contributed by atoms with Crippen molar-refractivity contribution in [3.8, 4) is 6.07 Å². The summed E-state index contributed by atoms with van der Waals surface area (Å²) in [5.41, 5.74) is 0.510. The van der Waals surface area contributed by atoms with Crippen LogP contribution in [0.25, 0.3) is 0 Å². The van der Waals surface area contributed by atoms with E-state index in [1.165, 1.54) is 6.07 Å². The summed E-state index contributed by atoms with van der Waals surface area (Å²) in [6.45, 7) is 0.493. The summed E-state index contributed by atoms with van der Waals surface area (Å²) < 4.78 is 0. The van der Waals surface area contributed by atoms with Gasteiger partial charge in [-0.25, -0.2) is 9.97 Å². The Morgan fingerprint density at radius 3 is 2.33 bits per heavy atom. The van der Waals surface area contributed by atoms with E-state index >= 15 is 0 Å². The number of hydrogen-bond donors (Lipinski definition) is 2. The molecule has 1 rings (SSSR count). The Morgan fingerprint density at radius 1 is 1.33 bits per heavy atom. The minimum atomic E-state index is -1.21. The normalized spacial score (nSPS) is 9.56. The number of aliphatic carboxylic acids is 2. The third-order valence-electron chi connectivity index (χ3n) is 1.89. The van der Waals surface area contributed by atoms with Crippen molar-refractivity contribution in [1.29, 1.82) is 5.26 Å². The van der Waals surface area contributed by atoms with E-state index in [0.29, 0.717) is 5.69 Å². The van der Waals surface area contributed by atoms with E-state index in [1.54, 1.807) is 13.0 Å². The molecule has 1 aromatic rings. The van der Waals surface area contributed by atoms with Gasteiger partial charge in [0.1, 0.15) is 24.9 Å². The van der Waals surface area contributed by atoms with Crippen LogP contribution >= 0.6 is 0 Å². The molecule has 0 spiro atoms. The molecule has 2 N–H and O–H groups in total. The van der Waals surface area contributed by atoms with Gasteiger partial charge in [-0.15, -0.1) is 0 Å². The molecule has 0 aliphatic rings. The van der Waals surface area contributed by atoms with Gasteiger partial charge in [0.15, 0.2) is 0 Å². The molecule has 18 heavy (non-hydrogen) atoms. The average Bonchev–Trinajstić information content (AvgIpc) is 2.26. The molecule has 0 bridgehead atoms. The third-order valence-corrected chi connectivity index (χ3v) is 1.89. The molecule has 1 aromatic heterocycles. The molecule has 0 aliphatic carbocycles. The van der Waals surface area contributed by atoms with E-state index in [4.69, 9.17) is 15.5 Å². The number of anilines is 1. The molecule has 0 aliphatic heterocycles. The Balaban J connectivity index is 3.11. The minimum Gasteiger partial charge on any atom is -0.480 e. The van der Waals surface area contributed by atoms with Gasteiger partial charge in [0.05, 0.1) is 0 Å². The SMILES string of the molecule is Cc1cc(C#N)nc(N(CC(=O)O)CC(=O)O)n1. The van der Waals surface area contributed by atoms with Crippen LogP contribution in [0.3, 0.4) is 0 Å². The van der Waals surface area contributed by atoms with E-state index < -0.39 is 25.0 Å². The smallest absolute Gasteiger partial charge is 0.323 e. The number of carboxylic acids is 2. The molecule has 94 valence electrons. The molecular weight excluding hydrogens is 240 g/mol. The van der Waals surface area contributed by atoms with Gasteiger partial charge in [0.25, 0.3) is 0 Å². The summed E-state index contributed by atoms with van der Waals surface area (Å²) in [5.74, 6) is -2.50. The highest BCUT2D eigenvalue weighted by Crippen LogP contribution is 2.09. The lowest BCUT2D eigenvalue weighted by molar-refractivity contribution is -0.136. The van der Waals surface area contributed by atoms with Crippen LogP contribution in [-0.4, -0.2) is 45.2 Å². The molecule has 0 fully saturated rings. The number of nitriles is 1. The summed E-state index contributed by atoms with van der Waals surface area (Å²) in [4.78, 5) is 30.0. The highest BCUT2D eigenvalue weighted by molar-refractivity contribution is 5.78. The standard InChI is InChI=1S/C10H10N4O4/c1-6-2-7(3-11)13-10(12-6)14(4-8(15)16)5-9(17)18/h2H,4-5H2,1H3,(H,15,16)(H,17,18). The first-order valence-electron chi connectivity index (χ1n) is 4.86. The molecule has 0 aromatic carbocycles. The number of rotatable bonds is 5. The summed E-state index contributed by atoms with van der Waals surface area (Å²) in [6.07, 6.45) is 0. The van der Waals surface area contributed by atoms with E-state index in [-0.39, 0.29) is 11.6 Å². The van der Waals surface area contributed by atoms with Crippen molar-refractivity contribution in [3.05, 3.63) is 17.5 Å². The van der Waals surface area contributed by atoms with Gasteiger partial charge in [-0.3, -0.25) is 9.59 Å². The van der Waals surface area contributed by atoms with Gasteiger partial charge in [-0.05, 0) is 13.0 Å². The van der Waals surface area contributed by atoms with Gasteiger partial charge in [0, 0.05) is 5.69 Å². The summed E-state index contributed by atoms with van der Waals surface area (Å²) >= 11 is 0. The lowest BCUT2D eigenvalue weighted by Crippen LogP contribution is -2.36. The minimum absolute atomic E-state index is 0.0540. The number of carboxylic acid groups (broad SMARTS) is 2. The van der Waals surface area contributed by atoms with Crippen molar-refractivity contribution in [3.63, 3.8) is 0 Å². The highest BCUT2D eigenvalue weighted by atomic mass is 16.4. The average molecular weight is 250 g/mol. The first-order valence-corrected chi connectivity index (χ1v) is 4.86. The lowest BCUT2D eigenvalue weighted by atomic mass is 10.3. The Morgan fingerprint density at radius 2 is 1.89 bits per heavy atom. The number of hydrogen-bond acceptors (Lipinski definition) is 6. The fourth-order valence-electron chi connectivity index (χ4n) is 1.28. The second kappa shape index (κ2) is 5.58. The summed E-state index contributed by atoms with van der Waals surface area (Å²) in [5, 5.41) is 26.1. The van der Waals surface area contributed by atoms with Crippen LogP contribution in [-0.2, 0) is 9.59 Å². The zero-order valence-corrected chi connectivity index (χ0v) is 9.49. The predicted octanol–water partition coefficient (Wildman–Crippen LogP) is -0.368. The van der Waals surface area contributed by atoms with E-state index in [9.17, 15) is 9.59 Å². The molecular formula is C10H10N4O4. The Labute approximate surface area is 102 Å². The van der Waals surface area contributed by atoms with Gasteiger partial charge >= 0.3 is 11.9 Å². The maximum Gasteiger partial charge on any atom is 0.323 e. The number of aryl methyl sites for hydroxylation is 1. The molecule has 1 heterocycles. The molecule has 0 unspecified atom stereocenters. The monoisotopic (exact) mass is 250 g/mol. The van der Waals surface area contributed by atoms with Crippen molar-refractivity contribution < 1.29 is 19.8 Å². The predicted molar refractivity (Wildman–Crippen MR) is 59.0 cm³/mol. The molecule has 0 amide bonds. The zero-order valence-electron chi connectivity index (χ0n) is 9.49. The topological polar surface area (TPSA) is 127 Å². The van der Waals surface area contributed by atoms with Gasteiger partial charge in [-0.1, -0.05) is 0 Å². The summed E-state index contributed by atoms with van der Waals surface area (Å²) in [6, 6.07) is 3.22. The van der Waals surface area contributed by atoms with Crippen LogP contribution < -0.4 is 4.90 Å². The van der Waals surface area contributed by atoms with Crippen LogP contribution in [0, 0.1) is 18.3 Å². The quantitative estimate of drug-likeness (QED) is 0.724. The van der Waals surface area contributed by atoms with Crippen LogP contribution in [0.5, 0.6) is 0 Å². The molecule has 8 heteroatoms. The fourth-order valence-corrected chi connectivity index (χ4v) is 1.28. The lowest BCUT2D eigenvalue weighted by Gasteiger charge is -2.18. The first-order chi connectivity index (χ1) is 8.42. The van der Waals surface area contributed by atoms with Gasteiger partial charge < -0.3 is 15.1 Å². The Hall–Kier alpha value is -2.69. The number of carbonyl (C=O) groups is 2. The Kier molecular flexibility index (Phi) is 4.15. The molecule has 0 saturated carbocycles. The van der Waals surface area contributed by atoms with E-state index in [1.807, 2.05) is 0 Å². The number of nitrogens with zero attached hydrogens (tertiary/aromatic N) is 4. The van der Waals surface area contributed by atoms with Crippen molar-refractivity contribution in [2.45, 2.75) is 6.92 Å². The maximum absolute atomic E-state index is 10.6. The fraction of sp³-hybridized carbons (Fsp3) is 0.300. The molecule has 0 radical (unpaired) electrons. The van der Waals surface area contributed by atoms with Crippen molar-refractivity contribution in [2.24, 2.45) is 0 Å².